The van der Waals surface area contributed by atoms with E-state index >= 15 is 0 Å². The maximum atomic E-state index is 12.4. The molecule has 0 unspecified atom stereocenters. The van der Waals surface area contributed by atoms with Crippen molar-refractivity contribution in [2.24, 2.45) is 5.92 Å². The summed E-state index contributed by atoms with van der Waals surface area (Å²) in [4.78, 5) is 37.1. The van der Waals surface area contributed by atoms with Gasteiger partial charge in [0.15, 0.2) is 0 Å². The van der Waals surface area contributed by atoms with Crippen molar-refractivity contribution in [3.63, 3.8) is 0 Å². The molecule has 7 nitrogen and oxygen atoms in total. The summed E-state index contributed by atoms with van der Waals surface area (Å²) in [7, 11) is 0. The van der Waals surface area contributed by atoms with E-state index in [2.05, 4.69) is 0 Å². The van der Waals surface area contributed by atoms with Crippen molar-refractivity contribution < 1.29 is 29.0 Å². The lowest BCUT2D eigenvalue weighted by atomic mass is 9.93. The van der Waals surface area contributed by atoms with Crippen LogP contribution < -0.4 is 0 Å². The molecule has 132 valence electrons. The zero-order valence-electron chi connectivity index (χ0n) is 14.7. The summed E-state index contributed by atoms with van der Waals surface area (Å²) in [5, 5.41) is 9.19. The van der Waals surface area contributed by atoms with Crippen LogP contribution in [0.5, 0.6) is 0 Å². The quantitative estimate of drug-likeness (QED) is 0.782. The highest BCUT2D eigenvalue weighted by Crippen LogP contribution is 2.26. The number of nitrogens with zero attached hydrogens (tertiary/aromatic N) is 1. The molecule has 0 bridgehead atoms. The van der Waals surface area contributed by atoms with Crippen molar-refractivity contribution in [3.05, 3.63) is 0 Å². The third kappa shape index (κ3) is 6.08. The van der Waals surface area contributed by atoms with Gasteiger partial charge in [-0.1, -0.05) is 0 Å². The highest BCUT2D eigenvalue weighted by atomic mass is 16.6. The molecule has 1 heterocycles. The van der Waals surface area contributed by atoms with Crippen molar-refractivity contribution in [2.75, 3.05) is 6.54 Å². The fourth-order valence-electron chi connectivity index (χ4n) is 2.31. The predicted octanol–water partition coefficient (Wildman–Crippen LogP) is 2.43. The summed E-state index contributed by atoms with van der Waals surface area (Å²) in [5.41, 5.74) is -1.41. The van der Waals surface area contributed by atoms with Crippen LogP contribution in [0.4, 0.5) is 4.79 Å². The van der Waals surface area contributed by atoms with E-state index < -0.39 is 41.2 Å². The molecule has 0 spiro atoms. The minimum absolute atomic E-state index is 0.0614. The molecular formula is C16H27NO6. The van der Waals surface area contributed by atoms with Gasteiger partial charge in [-0.3, -0.25) is 9.69 Å². The van der Waals surface area contributed by atoms with E-state index in [-0.39, 0.29) is 13.0 Å². The first kappa shape index (κ1) is 19.3. The van der Waals surface area contributed by atoms with Crippen LogP contribution in [0, 0.1) is 5.92 Å². The molecule has 0 aromatic carbocycles. The van der Waals surface area contributed by atoms with Gasteiger partial charge in [-0.05, 0) is 54.4 Å². The largest absolute Gasteiger partial charge is 0.481 e. The Bertz CT molecular complexity index is 474. The third-order valence-electron chi connectivity index (χ3n) is 3.24. The van der Waals surface area contributed by atoms with Crippen molar-refractivity contribution in [1.29, 1.82) is 0 Å². The summed E-state index contributed by atoms with van der Waals surface area (Å²) in [6.07, 6.45) is -0.136. The smallest absolute Gasteiger partial charge is 0.411 e. The highest BCUT2D eigenvalue weighted by molar-refractivity contribution is 5.83. The maximum absolute atomic E-state index is 12.4. The fraction of sp³-hybridized carbons (Fsp3) is 0.812. The van der Waals surface area contributed by atoms with E-state index in [1.54, 1.807) is 41.5 Å². The van der Waals surface area contributed by atoms with Crippen LogP contribution in [-0.4, -0.2) is 51.8 Å². The number of rotatable bonds is 2. The molecule has 1 saturated heterocycles. The predicted molar refractivity (Wildman–Crippen MR) is 82.9 cm³/mol. The summed E-state index contributed by atoms with van der Waals surface area (Å²) in [6.45, 7) is 10.3. The van der Waals surface area contributed by atoms with Crippen LogP contribution in [-0.2, 0) is 19.1 Å². The number of piperidine rings is 1. The normalized spacial score (nSPS) is 22.4. The van der Waals surface area contributed by atoms with Gasteiger partial charge < -0.3 is 14.6 Å². The van der Waals surface area contributed by atoms with Gasteiger partial charge in [-0.25, -0.2) is 9.59 Å². The van der Waals surface area contributed by atoms with Crippen LogP contribution in [0.3, 0.4) is 0 Å². The van der Waals surface area contributed by atoms with Crippen molar-refractivity contribution in [1.82, 2.24) is 4.90 Å². The second kappa shape index (κ2) is 6.76. The topological polar surface area (TPSA) is 93.1 Å². The number of amides is 1. The minimum atomic E-state index is -0.985. The molecule has 1 amide bonds. The number of carboxylic acid groups (broad SMARTS) is 1. The molecule has 23 heavy (non-hydrogen) atoms. The average molecular weight is 329 g/mol. The molecule has 0 aliphatic carbocycles. The maximum Gasteiger partial charge on any atom is 0.411 e. The van der Waals surface area contributed by atoms with Gasteiger partial charge in [0.05, 0.1) is 5.92 Å². The van der Waals surface area contributed by atoms with E-state index in [1.165, 1.54) is 4.90 Å². The lowest BCUT2D eigenvalue weighted by Crippen LogP contribution is -2.54. The number of carbonyl (C=O) groups is 3. The number of carbonyl (C=O) groups excluding carboxylic acids is 2. The van der Waals surface area contributed by atoms with Gasteiger partial charge in [-0.2, -0.15) is 0 Å². The molecule has 1 N–H and O–H groups in total. The first-order valence-corrected chi connectivity index (χ1v) is 7.75. The minimum Gasteiger partial charge on any atom is -0.481 e. The van der Waals surface area contributed by atoms with Crippen molar-refractivity contribution in [3.8, 4) is 0 Å². The zero-order valence-corrected chi connectivity index (χ0v) is 14.7. The van der Waals surface area contributed by atoms with E-state index in [0.717, 1.165) is 0 Å². The Kier molecular flexibility index (Phi) is 5.66. The van der Waals surface area contributed by atoms with E-state index in [1.807, 2.05) is 0 Å². The fourth-order valence-corrected chi connectivity index (χ4v) is 2.31. The Morgan fingerprint density at radius 1 is 0.957 bits per heavy atom. The van der Waals surface area contributed by atoms with Gasteiger partial charge >= 0.3 is 18.0 Å². The molecule has 1 aliphatic rings. The standard InChI is InChI=1S/C16H27NO6/c1-15(2,3)22-13(20)11-8-7-10(12(18)19)9-17(11)14(21)23-16(4,5)6/h10-11H,7-9H2,1-6H3,(H,18,19)/t10-,11+/m0/s1. The van der Waals surface area contributed by atoms with Crippen LogP contribution in [0.1, 0.15) is 54.4 Å². The zero-order chi connectivity index (χ0) is 18.0. The van der Waals surface area contributed by atoms with Crippen LogP contribution in [0.15, 0.2) is 0 Å². The number of ether oxygens (including phenoxy) is 2. The lowest BCUT2D eigenvalue weighted by Gasteiger charge is -2.38. The SMILES string of the molecule is CC(C)(C)OC(=O)[C@H]1CC[C@H](C(=O)O)CN1C(=O)OC(C)(C)C. The Morgan fingerprint density at radius 2 is 1.48 bits per heavy atom. The number of hydrogen-bond donors (Lipinski definition) is 1. The average Bonchev–Trinajstić information content (AvgIpc) is 2.33. The molecule has 1 rings (SSSR count). The molecule has 0 aromatic heterocycles. The van der Waals surface area contributed by atoms with Crippen LogP contribution >= 0.6 is 0 Å². The Balaban J connectivity index is 2.95. The number of hydrogen-bond acceptors (Lipinski definition) is 5. The highest BCUT2D eigenvalue weighted by Gasteiger charge is 2.41. The van der Waals surface area contributed by atoms with Crippen LogP contribution in [0.25, 0.3) is 0 Å². The van der Waals surface area contributed by atoms with Gasteiger partial charge in [0, 0.05) is 6.54 Å². The van der Waals surface area contributed by atoms with Crippen molar-refractivity contribution >= 4 is 18.0 Å². The summed E-state index contributed by atoms with van der Waals surface area (Å²) >= 11 is 0. The van der Waals surface area contributed by atoms with Gasteiger partial charge in [0.1, 0.15) is 17.2 Å². The Labute approximate surface area is 136 Å². The second-order valence-corrected chi connectivity index (χ2v) is 7.79. The van der Waals surface area contributed by atoms with E-state index in [0.29, 0.717) is 6.42 Å². The lowest BCUT2D eigenvalue weighted by molar-refractivity contribution is -0.165. The molecule has 2 atom stereocenters. The van der Waals surface area contributed by atoms with Gasteiger partial charge in [0.25, 0.3) is 0 Å². The second-order valence-electron chi connectivity index (χ2n) is 7.79. The molecule has 1 fully saturated rings. The molecule has 0 aromatic rings. The number of carboxylic acids is 1. The van der Waals surface area contributed by atoms with Gasteiger partial charge in [0.2, 0.25) is 0 Å². The first-order valence-electron chi connectivity index (χ1n) is 7.75. The molecule has 1 aliphatic heterocycles. The molecule has 0 saturated carbocycles. The summed E-state index contributed by atoms with van der Waals surface area (Å²) in [5.74, 6) is -2.23. The number of aliphatic carboxylic acids is 1. The first-order chi connectivity index (χ1) is 10.3. The monoisotopic (exact) mass is 329 g/mol. The Hall–Kier alpha value is -1.79. The summed E-state index contributed by atoms with van der Waals surface area (Å²) < 4.78 is 10.6. The number of likely N-dealkylation sites (tertiary alicyclic amines) is 1. The van der Waals surface area contributed by atoms with E-state index in [9.17, 15) is 19.5 Å². The van der Waals surface area contributed by atoms with E-state index in [4.69, 9.17) is 9.47 Å². The molecule has 7 heteroatoms. The summed E-state index contributed by atoms with van der Waals surface area (Å²) in [6, 6.07) is -0.820. The molecular weight excluding hydrogens is 302 g/mol. The van der Waals surface area contributed by atoms with Crippen molar-refractivity contribution in [2.45, 2.75) is 71.6 Å². The van der Waals surface area contributed by atoms with Crippen LogP contribution in [0.2, 0.25) is 0 Å². The molecule has 0 radical (unpaired) electrons. The Morgan fingerprint density at radius 3 is 1.91 bits per heavy atom. The third-order valence-corrected chi connectivity index (χ3v) is 3.24. The number of esters is 1. The van der Waals surface area contributed by atoms with Gasteiger partial charge in [-0.15, -0.1) is 0 Å².